The second-order valence-corrected chi connectivity index (χ2v) is 5.41. The number of benzene rings is 2. The molecule has 1 N–H and O–H groups in total. The molecule has 0 spiro atoms. The molecule has 0 radical (unpaired) electrons. The lowest BCUT2D eigenvalue weighted by Gasteiger charge is -2.08. The van der Waals surface area contributed by atoms with E-state index in [0.717, 1.165) is 23.3 Å². The van der Waals surface area contributed by atoms with Crippen LogP contribution < -0.4 is 5.32 Å². The monoisotopic (exact) mass is 317 g/mol. The topological polar surface area (TPSA) is 46.2 Å². The van der Waals surface area contributed by atoms with Crippen LogP contribution in [0.2, 0.25) is 0 Å². The second-order valence-electron chi connectivity index (χ2n) is 5.41. The van der Waals surface area contributed by atoms with Crippen LogP contribution in [0.1, 0.15) is 34.3 Å². The Kier molecular flexibility index (Phi) is 5.21. The largest absolute Gasteiger partial charge is 0.324 e. The Bertz CT molecular complexity index is 757. The van der Waals surface area contributed by atoms with Gasteiger partial charge < -0.3 is 5.32 Å². The highest BCUT2D eigenvalue weighted by Crippen LogP contribution is 2.17. The van der Waals surface area contributed by atoms with Crippen molar-refractivity contribution in [3.63, 3.8) is 0 Å². The number of anilines is 1. The maximum atomic E-state index is 13.5. The molecule has 0 heterocycles. The number of Topliss-reactive ketones (excluding diaryl/α,β-unsaturated/α-hetero) is 1. The van der Waals surface area contributed by atoms with E-state index in [1.807, 2.05) is 26.0 Å². The van der Waals surface area contributed by atoms with Crippen molar-refractivity contribution in [3.8, 4) is 0 Å². The Balaban J connectivity index is 1.96. The Hall–Kier alpha value is -2.56. The van der Waals surface area contributed by atoms with E-state index < -0.39 is 17.5 Å². The van der Waals surface area contributed by atoms with Gasteiger partial charge in [-0.05, 0) is 37.6 Å². The van der Waals surface area contributed by atoms with Gasteiger partial charge in [0.2, 0.25) is 5.91 Å². The van der Waals surface area contributed by atoms with E-state index in [1.54, 1.807) is 6.07 Å². The number of ketones is 1. The highest BCUT2D eigenvalue weighted by atomic mass is 19.1. The molecule has 1 amide bonds. The van der Waals surface area contributed by atoms with Crippen molar-refractivity contribution in [1.82, 2.24) is 0 Å². The van der Waals surface area contributed by atoms with Crippen molar-refractivity contribution in [2.75, 3.05) is 5.32 Å². The number of rotatable bonds is 5. The number of carbonyl (C=O) groups is 2. The third kappa shape index (κ3) is 4.45. The maximum Gasteiger partial charge on any atom is 0.224 e. The maximum absolute atomic E-state index is 13.5. The summed E-state index contributed by atoms with van der Waals surface area (Å²) in [6, 6.07) is 8.45. The van der Waals surface area contributed by atoms with E-state index in [1.165, 1.54) is 0 Å². The Morgan fingerprint density at radius 3 is 2.43 bits per heavy atom. The highest BCUT2D eigenvalue weighted by Gasteiger charge is 2.13. The Morgan fingerprint density at radius 2 is 1.74 bits per heavy atom. The van der Waals surface area contributed by atoms with Gasteiger partial charge in [-0.1, -0.05) is 17.7 Å². The molecule has 0 atom stereocenters. The number of aryl methyl sites for hydroxylation is 2. The first-order valence-corrected chi connectivity index (χ1v) is 7.22. The fourth-order valence-corrected chi connectivity index (χ4v) is 2.20. The molecule has 2 rings (SSSR count). The normalized spacial score (nSPS) is 10.4. The molecule has 0 unspecified atom stereocenters. The van der Waals surface area contributed by atoms with Crippen LogP contribution in [-0.2, 0) is 4.79 Å². The first-order chi connectivity index (χ1) is 10.9. The van der Waals surface area contributed by atoms with Crippen LogP contribution in [-0.4, -0.2) is 11.7 Å². The zero-order valence-corrected chi connectivity index (χ0v) is 13.0. The molecule has 0 fully saturated rings. The number of carbonyl (C=O) groups excluding carboxylic acids is 2. The molecule has 5 heteroatoms. The molecular weight excluding hydrogens is 300 g/mol. The van der Waals surface area contributed by atoms with Gasteiger partial charge in [-0.3, -0.25) is 9.59 Å². The molecule has 2 aromatic rings. The van der Waals surface area contributed by atoms with E-state index in [9.17, 15) is 18.4 Å². The zero-order chi connectivity index (χ0) is 17.0. The molecule has 23 heavy (non-hydrogen) atoms. The lowest BCUT2D eigenvalue weighted by molar-refractivity contribution is -0.116. The average Bonchev–Trinajstić information content (AvgIpc) is 2.50. The molecule has 3 nitrogen and oxygen atoms in total. The van der Waals surface area contributed by atoms with Crippen LogP contribution in [0.4, 0.5) is 14.5 Å². The minimum Gasteiger partial charge on any atom is -0.324 e. The smallest absolute Gasteiger partial charge is 0.224 e. The molecule has 0 bridgehead atoms. The SMILES string of the molecule is Cc1ccc(C)c(C(=O)CCC(=O)Nc2ccc(F)cc2F)c1. The third-order valence-electron chi connectivity index (χ3n) is 3.48. The minimum absolute atomic E-state index is 0.0267. The van der Waals surface area contributed by atoms with Gasteiger partial charge >= 0.3 is 0 Å². The van der Waals surface area contributed by atoms with Crippen molar-refractivity contribution in [1.29, 1.82) is 0 Å². The molecule has 0 saturated carbocycles. The van der Waals surface area contributed by atoms with Crippen molar-refractivity contribution in [3.05, 3.63) is 64.7 Å². The van der Waals surface area contributed by atoms with Gasteiger partial charge in [-0.25, -0.2) is 8.78 Å². The number of nitrogens with one attached hydrogen (secondary N) is 1. The summed E-state index contributed by atoms with van der Waals surface area (Å²) in [6.07, 6.45) is -0.0397. The fraction of sp³-hybridized carbons (Fsp3) is 0.222. The molecule has 120 valence electrons. The molecule has 0 aliphatic rings. The predicted octanol–water partition coefficient (Wildman–Crippen LogP) is 4.18. The van der Waals surface area contributed by atoms with E-state index in [4.69, 9.17) is 0 Å². The van der Waals surface area contributed by atoms with Crippen LogP contribution in [0.5, 0.6) is 0 Å². The van der Waals surface area contributed by atoms with Crippen LogP contribution in [0.25, 0.3) is 0 Å². The summed E-state index contributed by atoms with van der Waals surface area (Å²) in [6.45, 7) is 3.72. The van der Waals surface area contributed by atoms with Crippen molar-refractivity contribution >= 4 is 17.4 Å². The zero-order valence-electron chi connectivity index (χ0n) is 13.0. The molecule has 0 aliphatic carbocycles. The summed E-state index contributed by atoms with van der Waals surface area (Å²) < 4.78 is 26.2. The predicted molar refractivity (Wildman–Crippen MR) is 84.5 cm³/mol. The third-order valence-corrected chi connectivity index (χ3v) is 3.48. The van der Waals surface area contributed by atoms with Crippen LogP contribution in [0.3, 0.4) is 0 Å². The van der Waals surface area contributed by atoms with Gasteiger partial charge in [0.05, 0.1) is 5.69 Å². The first kappa shape index (κ1) is 16.8. The molecule has 0 aliphatic heterocycles. The molecule has 2 aromatic carbocycles. The molecular formula is C18H17F2NO2. The van der Waals surface area contributed by atoms with Crippen molar-refractivity contribution in [2.45, 2.75) is 26.7 Å². The molecule has 0 saturated heterocycles. The molecule has 0 aromatic heterocycles. The quantitative estimate of drug-likeness (QED) is 0.841. The van der Waals surface area contributed by atoms with Crippen molar-refractivity contribution < 1.29 is 18.4 Å². The summed E-state index contributed by atoms with van der Waals surface area (Å²) >= 11 is 0. The van der Waals surface area contributed by atoms with Gasteiger partial charge in [0, 0.05) is 24.5 Å². The summed E-state index contributed by atoms with van der Waals surface area (Å²) in [5.41, 5.74) is 2.31. The second kappa shape index (κ2) is 7.13. The summed E-state index contributed by atoms with van der Waals surface area (Å²) in [7, 11) is 0. The first-order valence-electron chi connectivity index (χ1n) is 7.22. The minimum atomic E-state index is -0.848. The van der Waals surface area contributed by atoms with E-state index in [2.05, 4.69) is 5.32 Å². The van der Waals surface area contributed by atoms with Gasteiger partial charge in [0.15, 0.2) is 5.78 Å². The number of amides is 1. The fourth-order valence-electron chi connectivity index (χ4n) is 2.20. The van der Waals surface area contributed by atoms with Crippen LogP contribution >= 0.6 is 0 Å². The standard InChI is InChI=1S/C18H17F2NO2/c1-11-3-4-12(2)14(9-11)17(22)7-8-18(23)21-16-6-5-13(19)10-15(16)20/h3-6,9-10H,7-8H2,1-2H3,(H,21,23). The van der Waals surface area contributed by atoms with E-state index >= 15 is 0 Å². The number of hydrogen-bond acceptors (Lipinski definition) is 2. The summed E-state index contributed by atoms with van der Waals surface area (Å²) in [4.78, 5) is 24.0. The lowest BCUT2D eigenvalue weighted by Crippen LogP contribution is -2.15. The van der Waals surface area contributed by atoms with Gasteiger partial charge in [-0.15, -0.1) is 0 Å². The Morgan fingerprint density at radius 1 is 1.00 bits per heavy atom. The summed E-state index contributed by atoms with van der Waals surface area (Å²) in [5.74, 6) is -2.19. The number of hydrogen-bond donors (Lipinski definition) is 1. The lowest BCUT2D eigenvalue weighted by atomic mass is 9.99. The summed E-state index contributed by atoms with van der Waals surface area (Å²) in [5, 5.41) is 2.34. The van der Waals surface area contributed by atoms with Crippen molar-refractivity contribution in [2.24, 2.45) is 0 Å². The Labute approximate surface area is 133 Å². The van der Waals surface area contributed by atoms with Crippen LogP contribution in [0, 0.1) is 25.5 Å². The van der Waals surface area contributed by atoms with E-state index in [0.29, 0.717) is 11.6 Å². The van der Waals surface area contributed by atoms with Gasteiger partial charge in [-0.2, -0.15) is 0 Å². The number of halogens is 2. The van der Waals surface area contributed by atoms with Crippen LogP contribution in [0.15, 0.2) is 36.4 Å². The average molecular weight is 317 g/mol. The highest BCUT2D eigenvalue weighted by molar-refractivity contribution is 6.01. The van der Waals surface area contributed by atoms with E-state index in [-0.39, 0.29) is 24.3 Å². The van der Waals surface area contributed by atoms with Gasteiger partial charge in [0.25, 0.3) is 0 Å². The van der Waals surface area contributed by atoms with Gasteiger partial charge in [0.1, 0.15) is 11.6 Å².